The van der Waals surface area contributed by atoms with E-state index in [0.29, 0.717) is 5.25 Å². The zero-order valence-corrected chi connectivity index (χ0v) is 7.21. The number of hydrogen-bond donors (Lipinski definition) is 0. The van der Waals surface area contributed by atoms with Crippen LogP contribution < -0.4 is 0 Å². The summed E-state index contributed by atoms with van der Waals surface area (Å²) < 4.78 is 0. The highest BCUT2D eigenvalue weighted by atomic mass is 32.2. The van der Waals surface area contributed by atoms with E-state index in [-0.39, 0.29) is 0 Å². The summed E-state index contributed by atoms with van der Waals surface area (Å²) in [5.74, 6) is 0. The second kappa shape index (κ2) is 4.13. The van der Waals surface area contributed by atoms with E-state index in [1.165, 1.54) is 0 Å². The molecule has 3 heteroatoms. The number of aromatic nitrogens is 2. The predicted molar refractivity (Wildman–Crippen MR) is 47.5 cm³/mol. The van der Waals surface area contributed by atoms with Crippen molar-refractivity contribution in [2.45, 2.75) is 17.3 Å². The maximum absolute atomic E-state index is 4.07. The topological polar surface area (TPSA) is 25.8 Å². The summed E-state index contributed by atoms with van der Waals surface area (Å²) in [5.41, 5.74) is 0. The lowest BCUT2D eigenvalue weighted by Crippen LogP contribution is -1.91. The fourth-order valence-corrected chi connectivity index (χ4v) is 1.23. The van der Waals surface area contributed by atoms with Crippen LogP contribution in [0.25, 0.3) is 0 Å². The second-order valence-electron chi connectivity index (χ2n) is 2.09. The van der Waals surface area contributed by atoms with E-state index >= 15 is 0 Å². The van der Waals surface area contributed by atoms with E-state index in [2.05, 4.69) is 23.5 Å². The lowest BCUT2D eigenvalue weighted by atomic mass is 10.5. The van der Waals surface area contributed by atoms with Crippen molar-refractivity contribution in [3.05, 3.63) is 31.1 Å². The highest BCUT2D eigenvalue weighted by Gasteiger charge is 1.99. The van der Waals surface area contributed by atoms with Crippen LogP contribution in [0.15, 0.2) is 36.3 Å². The third kappa shape index (κ3) is 2.72. The van der Waals surface area contributed by atoms with Gasteiger partial charge in [0.2, 0.25) is 0 Å². The molecular weight excluding hydrogens is 156 g/mol. The monoisotopic (exact) mass is 166 g/mol. The van der Waals surface area contributed by atoms with Gasteiger partial charge in [-0.3, -0.25) is 0 Å². The molecule has 0 aliphatic heterocycles. The first-order valence-corrected chi connectivity index (χ1v) is 4.27. The minimum atomic E-state index is 0.373. The molecule has 2 nitrogen and oxygen atoms in total. The van der Waals surface area contributed by atoms with Crippen molar-refractivity contribution in [3.63, 3.8) is 0 Å². The molecule has 0 N–H and O–H groups in total. The Morgan fingerprint density at radius 3 is 2.73 bits per heavy atom. The van der Waals surface area contributed by atoms with Crippen molar-refractivity contribution in [1.29, 1.82) is 0 Å². The van der Waals surface area contributed by atoms with Gasteiger partial charge < -0.3 is 0 Å². The average molecular weight is 166 g/mol. The van der Waals surface area contributed by atoms with E-state index in [1.807, 2.05) is 12.1 Å². The molecule has 0 spiro atoms. The lowest BCUT2D eigenvalue weighted by Gasteiger charge is -2.01. The van der Waals surface area contributed by atoms with E-state index in [9.17, 15) is 0 Å². The highest BCUT2D eigenvalue weighted by Crippen LogP contribution is 2.17. The quantitative estimate of drug-likeness (QED) is 0.391. The van der Waals surface area contributed by atoms with Gasteiger partial charge in [-0.1, -0.05) is 17.8 Å². The molecule has 0 aromatic carbocycles. The maximum atomic E-state index is 4.07. The molecule has 0 aliphatic rings. The van der Waals surface area contributed by atoms with Gasteiger partial charge in [-0.05, 0) is 13.0 Å². The maximum Gasteiger partial charge on any atom is 0.188 e. The van der Waals surface area contributed by atoms with Crippen molar-refractivity contribution in [3.8, 4) is 0 Å². The third-order valence-electron chi connectivity index (χ3n) is 1.17. The normalized spacial score (nSPS) is 12.5. The van der Waals surface area contributed by atoms with Gasteiger partial charge in [-0.25, -0.2) is 9.97 Å². The zero-order chi connectivity index (χ0) is 8.10. The molecule has 0 aliphatic carbocycles. The van der Waals surface area contributed by atoms with Gasteiger partial charge in [0, 0.05) is 17.6 Å². The molecule has 58 valence electrons. The molecule has 11 heavy (non-hydrogen) atoms. The number of nitrogens with zero attached hydrogens (tertiary/aromatic N) is 2. The van der Waals surface area contributed by atoms with Crippen molar-refractivity contribution < 1.29 is 0 Å². The minimum Gasteiger partial charge on any atom is -0.231 e. The Kier molecular flexibility index (Phi) is 3.11. The Morgan fingerprint density at radius 2 is 2.18 bits per heavy atom. The van der Waals surface area contributed by atoms with Crippen molar-refractivity contribution in [1.82, 2.24) is 9.97 Å². The first kappa shape index (κ1) is 8.27. The fraction of sp³-hybridized carbons (Fsp3) is 0.250. The van der Waals surface area contributed by atoms with Gasteiger partial charge in [0.1, 0.15) is 0 Å². The standard InChI is InChI=1S/C8H10N2S/c1-3-7(2)11-8-9-5-4-6-10-8/h3-7H,1H2,2H3. The van der Waals surface area contributed by atoms with Crippen molar-refractivity contribution in [2.24, 2.45) is 0 Å². The van der Waals surface area contributed by atoms with Gasteiger partial charge in [0.15, 0.2) is 5.16 Å². The molecule has 1 aromatic heterocycles. The Hall–Kier alpha value is -0.830. The SMILES string of the molecule is C=CC(C)Sc1ncccn1. The summed E-state index contributed by atoms with van der Waals surface area (Å²) in [6, 6.07) is 1.81. The summed E-state index contributed by atoms with van der Waals surface area (Å²) in [5, 5.41) is 1.18. The van der Waals surface area contributed by atoms with Crippen LogP contribution in [0.1, 0.15) is 6.92 Å². The molecule has 0 amide bonds. The zero-order valence-electron chi connectivity index (χ0n) is 6.40. The molecule has 1 aromatic rings. The van der Waals surface area contributed by atoms with Crippen LogP contribution in [-0.4, -0.2) is 15.2 Å². The van der Waals surface area contributed by atoms with Crippen LogP contribution in [-0.2, 0) is 0 Å². The molecule has 0 saturated heterocycles. The van der Waals surface area contributed by atoms with Crippen LogP contribution in [0.3, 0.4) is 0 Å². The smallest absolute Gasteiger partial charge is 0.188 e. The first-order chi connectivity index (χ1) is 5.33. The lowest BCUT2D eigenvalue weighted by molar-refractivity contribution is 0.962. The van der Waals surface area contributed by atoms with Gasteiger partial charge in [0.05, 0.1) is 0 Å². The van der Waals surface area contributed by atoms with Gasteiger partial charge >= 0.3 is 0 Å². The Balaban J connectivity index is 2.57. The Bertz CT molecular complexity index is 223. The molecule has 1 rings (SSSR count). The van der Waals surface area contributed by atoms with E-state index in [1.54, 1.807) is 24.2 Å². The third-order valence-corrected chi connectivity index (χ3v) is 2.15. The van der Waals surface area contributed by atoms with Gasteiger partial charge in [-0.15, -0.1) is 6.58 Å². The molecule has 1 unspecified atom stereocenters. The van der Waals surface area contributed by atoms with E-state index < -0.39 is 0 Å². The van der Waals surface area contributed by atoms with Crippen LogP contribution in [0, 0.1) is 0 Å². The number of hydrogen-bond acceptors (Lipinski definition) is 3. The highest BCUT2D eigenvalue weighted by molar-refractivity contribution is 7.99. The molecule has 0 radical (unpaired) electrons. The largest absolute Gasteiger partial charge is 0.231 e. The summed E-state index contributed by atoms with van der Waals surface area (Å²) in [7, 11) is 0. The van der Waals surface area contributed by atoms with E-state index in [0.717, 1.165) is 5.16 Å². The molecule has 1 heterocycles. The van der Waals surface area contributed by atoms with Gasteiger partial charge in [-0.2, -0.15) is 0 Å². The Morgan fingerprint density at radius 1 is 1.55 bits per heavy atom. The van der Waals surface area contributed by atoms with Crippen molar-refractivity contribution in [2.75, 3.05) is 0 Å². The molecule has 0 fully saturated rings. The first-order valence-electron chi connectivity index (χ1n) is 3.39. The minimum absolute atomic E-state index is 0.373. The summed E-state index contributed by atoms with van der Waals surface area (Å²) in [4.78, 5) is 8.14. The molecule has 1 atom stereocenters. The van der Waals surface area contributed by atoms with Crippen LogP contribution in [0.5, 0.6) is 0 Å². The summed E-state index contributed by atoms with van der Waals surface area (Å²) in [6.45, 7) is 5.74. The molecular formula is C8H10N2S. The fourth-order valence-electron chi connectivity index (χ4n) is 0.561. The molecule has 0 bridgehead atoms. The van der Waals surface area contributed by atoms with Crippen molar-refractivity contribution >= 4 is 11.8 Å². The predicted octanol–water partition coefficient (Wildman–Crippen LogP) is 2.14. The molecule has 0 saturated carbocycles. The van der Waals surface area contributed by atoms with Crippen LogP contribution >= 0.6 is 11.8 Å². The van der Waals surface area contributed by atoms with E-state index in [4.69, 9.17) is 0 Å². The van der Waals surface area contributed by atoms with Crippen LogP contribution in [0.4, 0.5) is 0 Å². The average Bonchev–Trinajstić information content (AvgIpc) is 2.06. The summed E-state index contributed by atoms with van der Waals surface area (Å²) in [6.07, 6.45) is 5.36. The summed E-state index contributed by atoms with van der Waals surface area (Å²) >= 11 is 1.60. The van der Waals surface area contributed by atoms with Gasteiger partial charge in [0.25, 0.3) is 0 Å². The number of rotatable bonds is 3. The second-order valence-corrected chi connectivity index (χ2v) is 3.43. The van der Waals surface area contributed by atoms with Crippen LogP contribution in [0.2, 0.25) is 0 Å². The number of thioether (sulfide) groups is 1. The Labute approximate surface area is 70.8 Å².